The zero-order chi connectivity index (χ0) is 12.1. The van der Waals surface area contributed by atoms with Gasteiger partial charge in [0.2, 0.25) is 0 Å². The predicted molar refractivity (Wildman–Crippen MR) is 74.2 cm³/mol. The summed E-state index contributed by atoms with van der Waals surface area (Å²) >= 11 is 3.61. The molecule has 1 aliphatic heterocycles. The predicted octanol–water partition coefficient (Wildman–Crippen LogP) is 3.28. The number of halogens is 1. The van der Waals surface area contributed by atoms with Gasteiger partial charge in [-0.05, 0) is 43.0 Å². The summed E-state index contributed by atoms with van der Waals surface area (Å²) in [6.07, 6.45) is 5.12. The van der Waals surface area contributed by atoms with Crippen molar-refractivity contribution in [2.45, 2.75) is 38.3 Å². The number of benzene rings is 1. The van der Waals surface area contributed by atoms with E-state index in [9.17, 15) is 0 Å². The molecule has 94 valence electrons. The van der Waals surface area contributed by atoms with E-state index in [0.717, 1.165) is 10.9 Å². The van der Waals surface area contributed by atoms with Gasteiger partial charge in [0.25, 0.3) is 0 Å². The van der Waals surface area contributed by atoms with E-state index in [2.05, 4.69) is 39.4 Å². The number of hydrogen-bond donors (Lipinski definition) is 1. The van der Waals surface area contributed by atoms with Crippen molar-refractivity contribution in [3.63, 3.8) is 0 Å². The van der Waals surface area contributed by atoms with Gasteiger partial charge in [0.15, 0.2) is 0 Å². The van der Waals surface area contributed by atoms with Crippen LogP contribution in [-0.4, -0.2) is 19.7 Å². The van der Waals surface area contributed by atoms with E-state index < -0.39 is 0 Å². The summed E-state index contributed by atoms with van der Waals surface area (Å²) < 4.78 is 6.32. The summed E-state index contributed by atoms with van der Waals surface area (Å²) in [6, 6.07) is 7.26. The van der Waals surface area contributed by atoms with Gasteiger partial charge in [0.05, 0.1) is 6.61 Å². The molecule has 17 heavy (non-hydrogen) atoms. The average Bonchev–Trinajstić information content (AvgIpc) is 2.34. The second-order valence-electron chi connectivity index (χ2n) is 4.71. The van der Waals surface area contributed by atoms with E-state index in [1.807, 2.05) is 0 Å². The Bertz CT molecular complexity index is 361. The number of ether oxygens (including phenoxy) is 1. The van der Waals surface area contributed by atoms with Crippen LogP contribution in [0.15, 0.2) is 22.7 Å². The minimum atomic E-state index is 0.656. The molecule has 1 aromatic carbocycles. The largest absolute Gasteiger partial charge is 0.380 e. The Hall–Kier alpha value is -0.380. The van der Waals surface area contributed by atoms with Crippen LogP contribution in [0.5, 0.6) is 0 Å². The van der Waals surface area contributed by atoms with E-state index in [-0.39, 0.29) is 0 Å². The Morgan fingerprint density at radius 3 is 2.94 bits per heavy atom. The van der Waals surface area contributed by atoms with E-state index in [0.29, 0.717) is 12.6 Å². The maximum absolute atomic E-state index is 5.16. The summed E-state index contributed by atoms with van der Waals surface area (Å²) in [5.41, 5.74) is 2.61. The molecule has 1 N–H and O–H groups in total. The molecule has 2 nitrogen and oxygen atoms in total. The van der Waals surface area contributed by atoms with E-state index >= 15 is 0 Å². The van der Waals surface area contributed by atoms with Gasteiger partial charge >= 0.3 is 0 Å². The first-order valence-corrected chi connectivity index (χ1v) is 7.08. The fourth-order valence-corrected chi connectivity index (χ4v) is 2.91. The molecule has 0 bridgehead atoms. The third-order valence-corrected chi connectivity index (χ3v) is 4.05. The first-order valence-electron chi connectivity index (χ1n) is 6.29. The van der Waals surface area contributed by atoms with Crippen molar-refractivity contribution >= 4 is 15.9 Å². The topological polar surface area (TPSA) is 21.3 Å². The first-order chi connectivity index (χ1) is 8.29. The Kier molecular flexibility index (Phi) is 5.01. The Balaban J connectivity index is 1.98. The highest BCUT2D eigenvalue weighted by atomic mass is 79.9. The number of piperidine rings is 1. The van der Waals surface area contributed by atoms with Crippen molar-refractivity contribution in [3.8, 4) is 0 Å². The lowest BCUT2D eigenvalue weighted by atomic mass is 9.97. The zero-order valence-corrected chi connectivity index (χ0v) is 11.9. The lowest BCUT2D eigenvalue weighted by molar-refractivity contribution is 0.184. The molecule has 0 aliphatic carbocycles. The quantitative estimate of drug-likeness (QED) is 0.921. The van der Waals surface area contributed by atoms with Crippen LogP contribution < -0.4 is 5.32 Å². The molecule has 0 saturated carbocycles. The van der Waals surface area contributed by atoms with Crippen LogP contribution >= 0.6 is 15.9 Å². The standard InChI is InChI=1S/C14H20BrNO/c1-17-10-12-6-5-11(9-14(12)15)8-13-4-2-3-7-16-13/h5-6,9,13,16H,2-4,7-8,10H2,1H3. The molecule has 0 radical (unpaired) electrons. The van der Waals surface area contributed by atoms with Gasteiger partial charge in [0, 0.05) is 17.6 Å². The maximum Gasteiger partial charge on any atom is 0.0724 e. The lowest BCUT2D eigenvalue weighted by Gasteiger charge is -2.23. The van der Waals surface area contributed by atoms with Gasteiger partial charge in [-0.15, -0.1) is 0 Å². The van der Waals surface area contributed by atoms with Crippen LogP contribution in [0, 0.1) is 0 Å². The normalized spacial score (nSPS) is 20.5. The van der Waals surface area contributed by atoms with Crippen LogP contribution in [0.3, 0.4) is 0 Å². The lowest BCUT2D eigenvalue weighted by Crippen LogP contribution is -2.35. The molecule has 3 heteroatoms. The molecule has 1 aromatic rings. The fraction of sp³-hybridized carbons (Fsp3) is 0.571. The van der Waals surface area contributed by atoms with Crippen LogP contribution in [0.25, 0.3) is 0 Å². The van der Waals surface area contributed by atoms with Crippen LogP contribution in [0.1, 0.15) is 30.4 Å². The van der Waals surface area contributed by atoms with Crippen molar-refractivity contribution < 1.29 is 4.74 Å². The molecular weight excluding hydrogens is 278 g/mol. The molecule has 0 amide bonds. The van der Waals surface area contributed by atoms with Crippen LogP contribution in [0.2, 0.25) is 0 Å². The third-order valence-electron chi connectivity index (χ3n) is 3.31. The van der Waals surface area contributed by atoms with Crippen LogP contribution in [0.4, 0.5) is 0 Å². The fourth-order valence-electron chi connectivity index (χ4n) is 2.37. The molecule has 1 aliphatic rings. The number of methoxy groups -OCH3 is 1. The molecule has 1 fully saturated rings. The molecule has 0 spiro atoms. The van der Waals surface area contributed by atoms with Gasteiger partial charge in [-0.25, -0.2) is 0 Å². The molecule has 1 unspecified atom stereocenters. The second kappa shape index (κ2) is 6.53. The van der Waals surface area contributed by atoms with Crippen molar-refractivity contribution in [1.82, 2.24) is 5.32 Å². The molecule has 2 rings (SSSR count). The highest BCUT2D eigenvalue weighted by molar-refractivity contribution is 9.10. The monoisotopic (exact) mass is 297 g/mol. The van der Waals surface area contributed by atoms with Gasteiger partial charge in [-0.3, -0.25) is 0 Å². The van der Waals surface area contributed by atoms with Crippen molar-refractivity contribution in [3.05, 3.63) is 33.8 Å². The number of hydrogen-bond acceptors (Lipinski definition) is 2. The average molecular weight is 298 g/mol. The number of rotatable bonds is 4. The van der Waals surface area contributed by atoms with Crippen LogP contribution in [-0.2, 0) is 17.8 Å². The molecule has 1 saturated heterocycles. The molecule has 0 aromatic heterocycles. The minimum absolute atomic E-state index is 0.656. The van der Waals surface area contributed by atoms with Gasteiger partial charge < -0.3 is 10.1 Å². The summed E-state index contributed by atoms with van der Waals surface area (Å²) in [7, 11) is 1.73. The highest BCUT2D eigenvalue weighted by Crippen LogP contribution is 2.21. The summed E-state index contributed by atoms with van der Waals surface area (Å²) in [5, 5.41) is 3.59. The van der Waals surface area contributed by atoms with Gasteiger partial charge in [0.1, 0.15) is 0 Å². The van der Waals surface area contributed by atoms with Crippen molar-refractivity contribution in [2.75, 3.05) is 13.7 Å². The van der Waals surface area contributed by atoms with Crippen molar-refractivity contribution in [1.29, 1.82) is 0 Å². The molecule has 1 heterocycles. The second-order valence-corrected chi connectivity index (χ2v) is 5.56. The SMILES string of the molecule is COCc1ccc(CC2CCCCN2)cc1Br. The molecular formula is C14H20BrNO. The summed E-state index contributed by atoms with van der Waals surface area (Å²) in [6.45, 7) is 1.84. The van der Waals surface area contributed by atoms with Gasteiger partial charge in [-0.2, -0.15) is 0 Å². The smallest absolute Gasteiger partial charge is 0.0724 e. The van der Waals surface area contributed by atoms with E-state index in [1.165, 1.54) is 36.9 Å². The maximum atomic E-state index is 5.16. The minimum Gasteiger partial charge on any atom is -0.380 e. The third kappa shape index (κ3) is 3.80. The number of nitrogens with one attached hydrogen (secondary N) is 1. The summed E-state index contributed by atoms with van der Waals surface area (Å²) in [5.74, 6) is 0. The van der Waals surface area contributed by atoms with E-state index in [4.69, 9.17) is 4.74 Å². The molecule has 1 atom stereocenters. The van der Waals surface area contributed by atoms with Crippen molar-refractivity contribution in [2.24, 2.45) is 0 Å². The van der Waals surface area contributed by atoms with Gasteiger partial charge in [-0.1, -0.05) is 34.5 Å². The Labute approximate surface area is 112 Å². The van der Waals surface area contributed by atoms with E-state index in [1.54, 1.807) is 7.11 Å². The summed E-state index contributed by atoms with van der Waals surface area (Å²) in [4.78, 5) is 0. The highest BCUT2D eigenvalue weighted by Gasteiger charge is 2.13. The zero-order valence-electron chi connectivity index (χ0n) is 10.3. The Morgan fingerprint density at radius 2 is 2.29 bits per heavy atom. The first kappa shape index (κ1) is 13.1. The Morgan fingerprint density at radius 1 is 1.41 bits per heavy atom.